The highest BCUT2D eigenvalue weighted by Crippen LogP contribution is 2.76. The molecule has 8 heteroatoms. The molecule has 0 aromatic rings. The highest BCUT2D eigenvalue weighted by atomic mass is 16.6. The molecule has 4 saturated carbocycles. The molecule has 0 saturated heterocycles. The summed E-state index contributed by atoms with van der Waals surface area (Å²) in [5, 5.41) is 0. The molecule has 0 unspecified atom stereocenters. The summed E-state index contributed by atoms with van der Waals surface area (Å²) in [5.41, 5.74) is -0.141. The first-order valence-corrected chi connectivity index (χ1v) is 17.1. The molecular formula is C37H56O8. The molecule has 5 aliphatic rings. The average Bonchev–Trinajstić information content (AvgIpc) is 2.93. The zero-order valence-electron chi connectivity index (χ0n) is 29.3. The summed E-state index contributed by atoms with van der Waals surface area (Å²) in [5.74, 6) is -0.477. The Morgan fingerprint density at radius 1 is 0.800 bits per heavy atom. The van der Waals surface area contributed by atoms with Gasteiger partial charge in [-0.15, -0.1) is 0 Å². The second-order valence-electron chi connectivity index (χ2n) is 17.0. The third-order valence-corrected chi connectivity index (χ3v) is 14.2. The highest BCUT2D eigenvalue weighted by molar-refractivity contribution is 5.78. The molecule has 0 aromatic heterocycles. The van der Waals surface area contributed by atoms with Crippen LogP contribution in [-0.2, 0) is 38.1 Å². The normalized spacial score (nSPS) is 44.8. The predicted octanol–water partition coefficient (Wildman–Crippen LogP) is 6.98. The molecule has 0 heterocycles. The van der Waals surface area contributed by atoms with Crippen molar-refractivity contribution in [3.05, 3.63) is 11.6 Å². The van der Waals surface area contributed by atoms with Crippen LogP contribution in [0.4, 0.5) is 0 Å². The van der Waals surface area contributed by atoms with Crippen LogP contribution in [0.3, 0.4) is 0 Å². The highest BCUT2D eigenvalue weighted by Gasteiger charge is 2.71. The van der Waals surface area contributed by atoms with Gasteiger partial charge in [-0.25, -0.2) is 0 Å². The van der Waals surface area contributed by atoms with E-state index in [1.54, 1.807) is 0 Å². The van der Waals surface area contributed by atoms with Crippen molar-refractivity contribution in [2.24, 2.45) is 50.2 Å². The number of fused-ring (bicyclic) bond motifs is 7. The molecule has 10 atom stereocenters. The summed E-state index contributed by atoms with van der Waals surface area (Å²) in [7, 11) is 1.51. The number of carbonyl (C=O) groups excluding carboxylic acids is 4. The largest absolute Gasteiger partial charge is 0.469 e. The van der Waals surface area contributed by atoms with Crippen LogP contribution in [0.15, 0.2) is 11.6 Å². The number of allylic oxidation sites excluding steroid dienone is 2. The predicted molar refractivity (Wildman–Crippen MR) is 169 cm³/mol. The lowest BCUT2D eigenvalue weighted by Crippen LogP contribution is -2.67. The minimum atomic E-state index is -0.565. The lowest BCUT2D eigenvalue weighted by Gasteiger charge is -2.71. The van der Waals surface area contributed by atoms with Crippen molar-refractivity contribution >= 4 is 23.9 Å². The molecule has 0 amide bonds. The fourth-order valence-corrected chi connectivity index (χ4v) is 11.9. The lowest BCUT2D eigenvalue weighted by molar-refractivity contribution is -0.244. The van der Waals surface area contributed by atoms with E-state index in [-0.39, 0.29) is 62.8 Å². The van der Waals surface area contributed by atoms with E-state index in [0.717, 1.165) is 51.4 Å². The van der Waals surface area contributed by atoms with Gasteiger partial charge >= 0.3 is 23.9 Å². The van der Waals surface area contributed by atoms with Gasteiger partial charge in [0.1, 0.15) is 12.2 Å². The maximum absolute atomic E-state index is 13.7. The van der Waals surface area contributed by atoms with Gasteiger partial charge in [0.05, 0.1) is 19.1 Å². The minimum absolute atomic E-state index is 0.0197. The Labute approximate surface area is 269 Å². The summed E-state index contributed by atoms with van der Waals surface area (Å²) in [6.45, 7) is 18.6. The Bertz CT molecular complexity index is 1280. The van der Waals surface area contributed by atoms with Gasteiger partial charge in [-0.3, -0.25) is 19.2 Å². The first-order chi connectivity index (χ1) is 20.8. The van der Waals surface area contributed by atoms with Crippen LogP contribution in [0.5, 0.6) is 0 Å². The van der Waals surface area contributed by atoms with Crippen molar-refractivity contribution in [3.8, 4) is 0 Å². The van der Waals surface area contributed by atoms with Gasteiger partial charge in [-0.05, 0) is 91.8 Å². The summed E-state index contributed by atoms with van der Waals surface area (Å²) >= 11 is 0. The van der Waals surface area contributed by atoms with Crippen LogP contribution in [0, 0.1) is 50.2 Å². The second kappa shape index (κ2) is 11.1. The number of carbonyl (C=O) groups is 4. The van der Waals surface area contributed by atoms with E-state index in [0.29, 0.717) is 18.9 Å². The van der Waals surface area contributed by atoms with Crippen LogP contribution < -0.4 is 0 Å². The molecule has 0 N–H and O–H groups in total. The number of methoxy groups -OCH3 is 1. The van der Waals surface area contributed by atoms with E-state index in [9.17, 15) is 19.2 Å². The van der Waals surface area contributed by atoms with Crippen LogP contribution >= 0.6 is 0 Å². The maximum atomic E-state index is 13.7. The third-order valence-electron chi connectivity index (χ3n) is 14.2. The van der Waals surface area contributed by atoms with Gasteiger partial charge in [0.25, 0.3) is 0 Å². The van der Waals surface area contributed by atoms with E-state index in [4.69, 9.17) is 18.9 Å². The summed E-state index contributed by atoms with van der Waals surface area (Å²) in [6, 6.07) is 0. The number of hydrogen-bond acceptors (Lipinski definition) is 8. The zero-order valence-corrected chi connectivity index (χ0v) is 29.3. The van der Waals surface area contributed by atoms with Crippen molar-refractivity contribution in [2.75, 3.05) is 13.7 Å². The molecule has 0 spiro atoms. The maximum Gasteiger partial charge on any atom is 0.312 e. The van der Waals surface area contributed by atoms with Gasteiger partial charge in [0.2, 0.25) is 0 Å². The van der Waals surface area contributed by atoms with Crippen LogP contribution in [0.1, 0.15) is 120 Å². The summed E-state index contributed by atoms with van der Waals surface area (Å²) in [6.07, 6.45) is 9.00. The zero-order chi connectivity index (χ0) is 33.4. The van der Waals surface area contributed by atoms with E-state index >= 15 is 0 Å². The molecule has 0 aromatic carbocycles. The molecule has 0 radical (unpaired) electrons. The van der Waals surface area contributed by atoms with Crippen LogP contribution in [0.2, 0.25) is 0 Å². The van der Waals surface area contributed by atoms with Gasteiger partial charge in [0.15, 0.2) is 0 Å². The van der Waals surface area contributed by atoms with Gasteiger partial charge < -0.3 is 18.9 Å². The molecular weight excluding hydrogens is 572 g/mol. The molecule has 0 aliphatic heterocycles. The molecule has 0 bridgehead atoms. The smallest absolute Gasteiger partial charge is 0.312 e. The first-order valence-electron chi connectivity index (χ1n) is 17.1. The fourth-order valence-electron chi connectivity index (χ4n) is 11.9. The first kappa shape index (κ1) is 34.0. The number of hydrogen-bond donors (Lipinski definition) is 0. The van der Waals surface area contributed by atoms with Crippen LogP contribution in [-0.4, -0.2) is 49.8 Å². The summed E-state index contributed by atoms with van der Waals surface area (Å²) < 4.78 is 23.0. The monoisotopic (exact) mass is 628 g/mol. The van der Waals surface area contributed by atoms with Gasteiger partial charge in [0, 0.05) is 31.6 Å². The summed E-state index contributed by atoms with van der Waals surface area (Å²) in [4.78, 5) is 50.1. The minimum Gasteiger partial charge on any atom is -0.469 e. The van der Waals surface area contributed by atoms with E-state index < -0.39 is 17.6 Å². The molecule has 8 nitrogen and oxygen atoms in total. The van der Waals surface area contributed by atoms with Crippen molar-refractivity contribution in [2.45, 2.75) is 132 Å². The number of esters is 4. The molecule has 5 rings (SSSR count). The van der Waals surface area contributed by atoms with Crippen molar-refractivity contribution < 1.29 is 38.1 Å². The second-order valence-corrected chi connectivity index (χ2v) is 17.0. The third kappa shape index (κ3) is 5.06. The van der Waals surface area contributed by atoms with E-state index in [2.05, 4.69) is 47.6 Å². The number of ether oxygens (including phenoxy) is 4. The Morgan fingerprint density at radius 3 is 2.04 bits per heavy atom. The quantitative estimate of drug-likeness (QED) is 0.183. The van der Waals surface area contributed by atoms with Crippen molar-refractivity contribution in [3.63, 3.8) is 0 Å². The lowest BCUT2D eigenvalue weighted by atomic mass is 9.33. The Kier molecular flexibility index (Phi) is 8.39. The van der Waals surface area contributed by atoms with E-state index in [1.165, 1.54) is 33.5 Å². The SMILES string of the molecule is COC(=O)[C@]12CC[C@](C)(COC(C)=O)C[C@H]1C1=CC[C@H]3[C@@]4(C)C[C@@H](OC(C)=O)[C@H](OC(C)=O)C(C)(C)[C@H]4CC[C@@]3(C)[C@]1(C)CC2. The molecule has 4 fully saturated rings. The number of rotatable bonds is 5. The average molecular weight is 629 g/mol. The molecule has 45 heavy (non-hydrogen) atoms. The topological polar surface area (TPSA) is 105 Å². The fraction of sp³-hybridized carbons (Fsp3) is 0.838. The van der Waals surface area contributed by atoms with Gasteiger partial charge in [-0.1, -0.05) is 53.2 Å². The Morgan fingerprint density at radius 2 is 1.44 bits per heavy atom. The molecule has 252 valence electrons. The van der Waals surface area contributed by atoms with Crippen molar-refractivity contribution in [1.29, 1.82) is 0 Å². The Hall–Kier alpha value is -2.38. The van der Waals surface area contributed by atoms with Crippen LogP contribution in [0.25, 0.3) is 0 Å². The van der Waals surface area contributed by atoms with Gasteiger partial charge in [-0.2, -0.15) is 0 Å². The standard InChI is InChI=1S/C37H56O8/c1-22(38)43-21-33(6)15-17-37(31(41)42-10)18-16-35(8)25(26(37)19-33)11-12-29-34(7)20-27(44-23(2)39)30(45-24(3)40)32(4,5)28(34)13-14-36(29,35)9/h11,26-30H,12-21H2,1-10H3/t26-,27+,28+,29-,30-,33-,34-,35+,36+,37-/m0/s1. The van der Waals surface area contributed by atoms with Crippen molar-refractivity contribution in [1.82, 2.24) is 0 Å². The molecule has 5 aliphatic carbocycles. The Balaban J connectivity index is 1.57. The van der Waals surface area contributed by atoms with E-state index in [1.807, 2.05) is 0 Å².